The Hall–Kier alpha value is -1.04. The largest absolute Gasteiger partial charge is 1.00 e. The van der Waals surface area contributed by atoms with Crippen LogP contribution < -0.4 is 18.9 Å². The first kappa shape index (κ1) is 9.05. The Morgan fingerprint density at radius 1 is 1.17 bits per heavy atom. The molecule has 1 aromatic heterocycles. The van der Waals surface area contributed by atoms with Gasteiger partial charge in [-0.2, -0.15) is 0 Å². The van der Waals surface area contributed by atoms with Crippen molar-refractivity contribution in [3.05, 3.63) is 30.6 Å². The van der Waals surface area contributed by atoms with E-state index in [1.807, 2.05) is 6.07 Å². The second-order valence-electron chi connectivity index (χ2n) is 2.20. The molecule has 1 N–H and O–H groups in total. The van der Waals surface area contributed by atoms with Crippen LogP contribution in [0.25, 0.3) is 11.0 Å². The number of nitrogens with zero attached hydrogens (tertiary/aromatic N) is 2. The zero-order valence-electron chi connectivity index (χ0n) is 7.73. The summed E-state index contributed by atoms with van der Waals surface area (Å²) in [5.74, 6) is 0.176. The predicted octanol–water partition coefficient (Wildman–Crippen LogP) is -1.55. The first-order valence-electron chi connectivity index (χ1n) is 3.26. The van der Waals surface area contributed by atoms with Gasteiger partial charge in [-0.25, -0.2) is 4.98 Å². The third-order valence-electron chi connectivity index (χ3n) is 1.48. The standard InChI is InChI=1S/C8H6N2O.Li.H/c11-7-3-1-2-6-8(7)10-5-4-9-6;;/h1-5,11H;;/q;+1;-1. The van der Waals surface area contributed by atoms with E-state index in [2.05, 4.69) is 9.97 Å². The number of hydrogen-bond acceptors (Lipinski definition) is 3. The summed E-state index contributed by atoms with van der Waals surface area (Å²) in [5, 5.41) is 9.27. The maximum absolute atomic E-state index is 9.27. The molecule has 3 nitrogen and oxygen atoms in total. The number of hydrogen-bond donors (Lipinski definition) is 1. The Kier molecular flexibility index (Phi) is 2.69. The van der Waals surface area contributed by atoms with Crippen molar-refractivity contribution in [3.63, 3.8) is 0 Å². The van der Waals surface area contributed by atoms with Gasteiger partial charge in [0, 0.05) is 12.4 Å². The molecule has 0 bridgehead atoms. The molecule has 4 heteroatoms. The van der Waals surface area contributed by atoms with Crippen molar-refractivity contribution in [2.75, 3.05) is 0 Å². The maximum atomic E-state index is 9.27. The molecular formula is C8H7LiN2O. The van der Waals surface area contributed by atoms with E-state index in [0.717, 1.165) is 0 Å². The SMILES string of the molecule is Oc1cccc2nccnc12.[H-].[Li+]. The van der Waals surface area contributed by atoms with Crippen LogP contribution in [0.2, 0.25) is 0 Å². The average molecular weight is 154 g/mol. The molecule has 0 amide bonds. The smallest absolute Gasteiger partial charge is 1.00 e. The molecule has 2 aromatic rings. The van der Waals surface area contributed by atoms with Crippen molar-refractivity contribution in [1.82, 2.24) is 9.97 Å². The van der Waals surface area contributed by atoms with Gasteiger partial charge in [-0.1, -0.05) is 6.07 Å². The zero-order valence-corrected chi connectivity index (χ0v) is 6.73. The van der Waals surface area contributed by atoms with Crippen LogP contribution in [0.3, 0.4) is 0 Å². The fraction of sp³-hybridized carbons (Fsp3) is 0. The van der Waals surface area contributed by atoms with Gasteiger partial charge < -0.3 is 6.53 Å². The second kappa shape index (κ2) is 3.57. The number of phenolic OH excluding ortho intramolecular Hbond substituents is 1. The van der Waals surface area contributed by atoms with E-state index in [0.29, 0.717) is 11.0 Å². The number of fused-ring (bicyclic) bond motifs is 1. The number of aromatic hydroxyl groups is 1. The quantitative estimate of drug-likeness (QED) is 0.467. The third-order valence-corrected chi connectivity index (χ3v) is 1.48. The Morgan fingerprint density at radius 2 is 1.92 bits per heavy atom. The third kappa shape index (κ3) is 1.42. The first-order chi connectivity index (χ1) is 5.38. The van der Waals surface area contributed by atoms with Crippen LogP contribution in [0.15, 0.2) is 30.6 Å². The van der Waals surface area contributed by atoms with Crippen LogP contribution >= 0.6 is 0 Å². The molecule has 0 radical (unpaired) electrons. The molecular weight excluding hydrogens is 147 g/mol. The second-order valence-corrected chi connectivity index (χ2v) is 2.20. The van der Waals surface area contributed by atoms with E-state index in [9.17, 15) is 5.11 Å². The molecule has 0 atom stereocenters. The minimum Gasteiger partial charge on any atom is -1.00 e. The van der Waals surface area contributed by atoms with Crippen LogP contribution in [0.5, 0.6) is 5.75 Å². The number of para-hydroxylation sites is 1. The van der Waals surface area contributed by atoms with Gasteiger partial charge in [-0.05, 0) is 12.1 Å². The average Bonchev–Trinajstić information content (AvgIpc) is 2.06. The molecule has 56 valence electrons. The Labute approximate surface area is 83.1 Å². The van der Waals surface area contributed by atoms with Crippen molar-refractivity contribution in [3.8, 4) is 5.75 Å². The molecule has 2 rings (SSSR count). The van der Waals surface area contributed by atoms with Gasteiger partial charge in [0.15, 0.2) is 0 Å². The van der Waals surface area contributed by atoms with E-state index in [1.165, 1.54) is 0 Å². The minimum atomic E-state index is 0. The maximum Gasteiger partial charge on any atom is 1.00 e. The van der Waals surface area contributed by atoms with Crippen molar-refractivity contribution < 1.29 is 25.4 Å². The van der Waals surface area contributed by atoms with Crippen molar-refractivity contribution >= 4 is 11.0 Å². The van der Waals surface area contributed by atoms with Crippen LogP contribution in [-0.4, -0.2) is 15.1 Å². The fourth-order valence-electron chi connectivity index (χ4n) is 0.977. The summed E-state index contributed by atoms with van der Waals surface area (Å²) < 4.78 is 0. The molecule has 0 unspecified atom stereocenters. The van der Waals surface area contributed by atoms with Gasteiger partial charge in [0.25, 0.3) is 0 Å². The molecule has 12 heavy (non-hydrogen) atoms. The van der Waals surface area contributed by atoms with Gasteiger partial charge in [-0.3, -0.25) is 4.98 Å². The van der Waals surface area contributed by atoms with Gasteiger partial charge >= 0.3 is 18.9 Å². The van der Waals surface area contributed by atoms with E-state index in [-0.39, 0.29) is 26.0 Å². The predicted molar refractivity (Wildman–Crippen MR) is 42.3 cm³/mol. The van der Waals surface area contributed by atoms with Gasteiger partial charge in [0.2, 0.25) is 0 Å². The normalized spacial score (nSPS) is 9.33. The molecule has 0 aliphatic heterocycles. The first-order valence-corrected chi connectivity index (χ1v) is 3.26. The van der Waals surface area contributed by atoms with Crippen molar-refractivity contribution in [2.24, 2.45) is 0 Å². The molecule has 1 heterocycles. The monoisotopic (exact) mass is 154 g/mol. The van der Waals surface area contributed by atoms with Crippen molar-refractivity contribution in [2.45, 2.75) is 0 Å². The van der Waals surface area contributed by atoms with Crippen LogP contribution in [-0.2, 0) is 0 Å². The summed E-state index contributed by atoms with van der Waals surface area (Å²) in [6.07, 6.45) is 3.16. The van der Waals surface area contributed by atoms with Gasteiger partial charge in [-0.15, -0.1) is 0 Å². The summed E-state index contributed by atoms with van der Waals surface area (Å²) in [6.45, 7) is 0. The molecule has 0 aliphatic carbocycles. The van der Waals surface area contributed by atoms with Gasteiger partial charge in [0.1, 0.15) is 11.3 Å². The number of rotatable bonds is 0. The van der Waals surface area contributed by atoms with E-state index in [4.69, 9.17) is 0 Å². The van der Waals surface area contributed by atoms with Crippen LogP contribution in [0, 0.1) is 0 Å². The molecule has 0 spiro atoms. The summed E-state index contributed by atoms with van der Waals surface area (Å²) >= 11 is 0. The number of phenols is 1. The number of aromatic nitrogens is 2. The summed E-state index contributed by atoms with van der Waals surface area (Å²) in [4.78, 5) is 7.99. The van der Waals surface area contributed by atoms with Crippen LogP contribution in [0.4, 0.5) is 0 Å². The Balaban J connectivity index is 0.000000720. The summed E-state index contributed by atoms with van der Waals surface area (Å²) in [5.41, 5.74) is 1.27. The Morgan fingerprint density at radius 3 is 2.67 bits per heavy atom. The summed E-state index contributed by atoms with van der Waals surface area (Å²) in [6, 6.07) is 5.14. The molecule has 0 fully saturated rings. The van der Waals surface area contributed by atoms with Gasteiger partial charge in [0.05, 0.1) is 5.52 Å². The zero-order chi connectivity index (χ0) is 7.68. The molecule has 1 aromatic carbocycles. The molecule has 0 aliphatic rings. The minimum absolute atomic E-state index is 0. The van der Waals surface area contributed by atoms with E-state index < -0.39 is 0 Å². The number of benzene rings is 1. The van der Waals surface area contributed by atoms with Crippen LogP contribution in [0.1, 0.15) is 1.43 Å². The van der Waals surface area contributed by atoms with Crippen molar-refractivity contribution in [1.29, 1.82) is 0 Å². The molecule has 0 saturated carbocycles. The van der Waals surface area contributed by atoms with E-state index in [1.54, 1.807) is 24.5 Å². The summed E-state index contributed by atoms with van der Waals surface area (Å²) in [7, 11) is 0. The molecule has 0 saturated heterocycles. The van der Waals surface area contributed by atoms with E-state index >= 15 is 0 Å². The Bertz CT molecular complexity index is 391. The topological polar surface area (TPSA) is 46.0 Å². The fourth-order valence-corrected chi connectivity index (χ4v) is 0.977.